The lowest BCUT2D eigenvalue weighted by Gasteiger charge is -2.29. The highest BCUT2D eigenvalue weighted by Crippen LogP contribution is 2.43. The van der Waals surface area contributed by atoms with Crippen LogP contribution in [0.1, 0.15) is 43.4 Å². The van der Waals surface area contributed by atoms with Crippen LogP contribution in [0.4, 0.5) is 5.69 Å². The minimum atomic E-state index is -0.867. The number of fused-ring (bicyclic) bond motifs is 1. The third-order valence-electron chi connectivity index (χ3n) is 7.61. The fourth-order valence-corrected chi connectivity index (χ4v) is 5.66. The molecule has 0 bridgehead atoms. The summed E-state index contributed by atoms with van der Waals surface area (Å²) in [7, 11) is 0. The first kappa shape index (κ1) is 26.6. The second-order valence-corrected chi connectivity index (χ2v) is 10.0. The Kier molecular flexibility index (Phi) is 8.36. The van der Waals surface area contributed by atoms with Crippen LogP contribution >= 0.6 is 0 Å². The number of pyridine rings is 2. The van der Waals surface area contributed by atoms with Crippen LogP contribution in [0.3, 0.4) is 0 Å². The number of amides is 1. The molecule has 0 spiro atoms. The van der Waals surface area contributed by atoms with E-state index in [0.29, 0.717) is 37.4 Å². The number of benzene rings is 1. The Morgan fingerprint density at radius 2 is 1.97 bits per heavy atom. The number of carbonyl (C=O) groups is 2. The first-order valence-corrected chi connectivity index (χ1v) is 13.5. The van der Waals surface area contributed by atoms with Gasteiger partial charge in [0.05, 0.1) is 24.3 Å². The summed E-state index contributed by atoms with van der Waals surface area (Å²) in [6, 6.07) is 14.7. The van der Waals surface area contributed by atoms with E-state index in [4.69, 9.17) is 9.47 Å². The van der Waals surface area contributed by atoms with Gasteiger partial charge in [-0.2, -0.15) is 0 Å². The monoisotopic (exact) mass is 530 g/mol. The van der Waals surface area contributed by atoms with Crippen molar-refractivity contribution < 1.29 is 24.2 Å². The van der Waals surface area contributed by atoms with E-state index < -0.39 is 11.9 Å². The highest BCUT2D eigenvalue weighted by atomic mass is 16.7. The molecule has 2 aromatic heterocycles. The number of nitrogens with zero attached hydrogens (tertiary/aromatic N) is 4. The summed E-state index contributed by atoms with van der Waals surface area (Å²) >= 11 is 0. The van der Waals surface area contributed by atoms with Crippen LogP contribution in [0, 0.1) is 5.92 Å². The first-order chi connectivity index (χ1) is 19.0. The van der Waals surface area contributed by atoms with Crippen LogP contribution in [0.15, 0.2) is 67.1 Å². The maximum absolute atomic E-state index is 13.8. The summed E-state index contributed by atoms with van der Waals surface area (Å²) < 4.78 is 11.0. The normalized spacial score (nSPS) is 20.2. The van der Waals surface area contributed by atoms with Gasteiger partial charge in [-0.3, -0.25) is 24.5 Å². The SMILES string of the molecule is CCCCN(C(=O)CN1CC(c2ccc3c(c2)OCO3)C(C(=O)O)C1CCc1ccccn1)c1cccnc1. The van der Waals surface area contributed by atoms with E-state index in [1.165, 1.54) is 0 Å². The molecule has 1 fully saturated rings. The Bertz CT molecular complexity index is 1270. The number of aliphatic carboxylic acids is 1. The average molecular weight is 531 g/mol. The van der Waals surface area contributed by atoms with Gasteiger partial charge < -0.3 is 19.5 Å². The Hall–Kier alpha value is -3.98. The summed E-state index contributed by atoms with van der Waals surface area (Å²) in [5.41, 5.74) is 2.53. The molecule has 2 aliphatic heterocycles. The van der Waals surface area contributed by atoms with E-state index in [1.54, 1.807) is 23.5 Å². The molecule has 4 heterocycles. The van der Waals surface area contributed by atoms with Gasteiger partial charge in [-0.1, -0.05) is 25.5 Å². The van der Waals surface area contributed by atoms with Crippen LogP contribution < -0.4 is 14.4 Å². The molecule has 3 unspecified atom stereocenters. The van der Waals surface area contributed by atoms with Gasteiger partial charge in [-0.15, -0.1) is 0 Å². The average Bonchev–Trinajstić information content (AvgIpc) is 3.57. The Labute approximate surface area is 228 Å². The van der Waals surface area contributed by atoms with Crippen LogP contribution in [0.25, 0.3) is 0 Å². The van der Waals surface area contributed by atoms with Crippen molar-refractivity contribution in [2.45, 2.75) is 44.6 Å². The molecule has 1 amide bonds. The molecule has 1 aromatic carbocycles. The number of rotatable bonds is 11. The molecule has 0 aliphatic carbocycles. The van der Waals surface area contributed by atoms with Crippen molar-refractivity contribution in [3.63, 3.8) is 0 Å². The van der Waals surface area contributed by atoms with Crippen LogP contribution in [0.2, 0.25) is 0 Å². The van der Waals surface area contributed by atoms with Crippen LogP contribution in [-0.4, -0.2) is 64.3 Å². The lowest BCUT2D eigenvalue weighted by Crippen LogP contribution is -2.44. The van der Waals surface area contributed by atoms with Gasteiger partial charge in [0.2, 0.25) is 12.7 Å². The Morgan fingerprint density at radius 3 is 2.72 bits per heavy atom. The number of anilines is 1. The predicted octanol–water partition coefficient (Wildman–Crippen LogP) is 4.14. The maximum Gasteiger partial charge on any atom is 0.308 e. The highest BCUT2D eigenvalue weighted by molar-refractivity contribution is 5.94. The highest BCUT2D eigenvalue weighted by Gasteiger charge is 2.47. The van der Waals surface area contributed by atoms with Crippen molar-refractivity contribution in [3.05, 3.63) is 78.4 Å². The summed E-state index contributed by atoms with van der Waals surface area (Å²) in [5.74, 6) is -0.641. The molecule has 204 valence electrons. The zero-order valence-corrected chi connectivity index (χ0v) is 22.1. The maximum atomic E-state index is 13.8. The van der Waals surface area contributed by atoms with Crippen LogP contribution in [0.5, 0.6) is 11.5 Å². The first-order valence-electron chi connectivity index (χ1n) is 13.5. The fourth-order valence-electron chi connectivity index (χ4n) is 5.66. The van der Waals surface area contributed by atoms with Gasteiger partial charge in [-0.05, 0) is 61.2 Å². The van der Waals surface area contributed by atoms with Gasteiger partial charge in [-0.25, -0.2) is 0 Å². The van der Waals surface area contributed by atoms with Crippen LogP contribution in [-0.2, 0) is 16.0 Å². The molecule has 9 heteroatoms. The number of ether oxygens (including phenoxy) is 2. The molecule has 3 atom stereocenters. The number of carboxylic acids is 1. The molecule has 0 saturated carbocycles. The fraction of sp³-hybridized carbons (Fsp3) is 0.400. The van der Waals surface area contributed by atoms with E-state index in [1.807, 2.05) is 48.5 Å². The summed E-state index contributed by atoms with van der Waals surface area (Å²) in [6.07, 6.45) is 8.14. The quantitative estimate of drug-likeness (QED) is 0.394. The molecule has 2 aliphatic rings. The Balaban J connectivity index is 1.43. The number of carboxylic acid groups (broad SMARTS) is 1. The zero-order chi connectivity index (χ0) is 27.2. The van der Waals surface area contributed by atoms with Gasteiger partial charge in [0.25, 0.3) is 0 Å². The number of aryl methyl sites for hydroxylation is 1. The van der Waals surface area contributed by atoms with E-state index in [-0.39, 0.29) is 31.2 Å². The molecule has 0 radical (unpaired) electrons. The number of likely N-dealkylation sites (tertiary alicyclic amines) is 1. The third-order valence-corrected chi connectivity index (χ3v) is 7.61. The lowest BCUT2D eigenvalue weighted by atomic mass is 9.83. The summed E-state index contributed by atoms with van der Waals surface area (Å²) in [6.45, 7) is 3.40. The van der Waals surface area contributed by atoms with Crippen molar-refractivity contribution in [1.82, 2.24) is 14.9 Å². The zero-order valence-electron chi connectivity index (χ0n) is 22.1. The molecular formula is C30H34N4O5. The largest absolute Gasteiger partial charge is 0.481 e. The molecule has 39 heavy (non-hydrogen) atoms. The van der Waals surface area contributed by atoms with Gasteiger partial charge >= 0.3 is 5.97 Å². The van der Waals surface area contributed by atoms with E-state index in [2.05, 4.69) is 21.8 Å². The molecular weight excluding hydrogens is 496 g/mol. The van der Waals surface area contributed by atoms with Gasteiger partial charge in [0.1, 0.15) is 0 Å². The number of hydrogen-bond acceptors (Lipinski definition) is 7. The van der Waals surface area contributed by atoms with Crippen molar-refractivity contribution in [2.24, 2.45) is 5.92 Å². The van der Waals surface area contributed by atoms with Crippen molar-refractivity contribution in [1.29, 1.82) is 0 Å². The van der Waals surface area contributed by atoms with Crippen molar-refractivity contribution in [2.75, 3.05) is 31.3 Å². The van der Waals surface area contributed by atoms with Crippen molar-refractivity contribution >= 4 is 17.6 Å². The summed E-state index contributed by atoms with van der Waals surface area (Å²) in [4.78, 5) is 39.0. The minimum Gasteiger partial charge on any atom is -0.481 e. The molecule has 9 nitrogen and oxygen atoms in total. The standard InChI is InChI=1S/C30H34N4O5/c1-2-3-15-34(23-8-6-13-31-17-23)28(35)19-33-18-24(21-9-12-26-27(16-21)39-20-38-26)29(30(36)37)25(33)11-10-22-7-4-5-14-32-22/h4-9,12-14,16-17,24-25,29H,2-3,10-11,15,18-20H2,1H3,(H,36,37). The van der Waals surface area contributed by atoms with E-state index in [0.717, 1.165) is 29.8 Å². The number of aromatic nitrogens is 2. The predicted molar refractivity (Wildman–Crippen MR) is 146 cm³/mol. The number of unbranched alkanes of at least 4 members (excludes halogenated alkanes) is 1. The third kappa shape index (κ3) is 6.04. The topological polar surface area (TPSA) is 105 Å². The van der Waals surface area contributed by atoms with E-state index in [9.17, 15) is 14.7 Å². The molecule has 5 rings (SSSR count). The lowest BCUT2D eigenvalue weighted by molar-refractivity contribution is -0.143. The number of hydrogen-bond donors (Lipinski definition) is 1. The van der Waals surface area contributed by atoms with Crippen molar-refractivity contribution in [3.8, 4) is 11.5 Å². The second kappa shape index (κ2) is 12.3. The minimum absolute atomic E-state index is 0.0604. The van der Waals surface area contributed by atoms with Gasteiger partial charge in [0, 0.05) is 43.1 Å². The van der Waals surface area contributed by atoms with E-state index >= 15 is 0 Å². The summed E-state index contributed by atoms with van der Waals surface area (Å²) in [5, 5.41) is 10.5. The molecule has 1 saturated heterocycles. The smallest absolute Gasteiger partial charge is 0.308 e. The molecule has 3 aromatic rings. The second-order valence-electron chi connectivity index (χ2n) is 10.0. The number of carbonyl (C=O) groups excluding carboxylic acids is 1. The van der Waals surface area contributed by atoms with Gasteiger partial charge in [0.15, 0.2) is 11.5 Å². The molecule has 1 N–H and O–H groups in total. The Morgan fingerprint density at radius 1 is 1.10 bits per heavy atom.